The average Bonchev–Trinajstić information content (AvgIpc) is 2.89. The van der Waals surface area contributed by atoms with E-state index < -0.39 is 0 Å². The van der Waals surface area contributed by atoms with E-state index >= 15 is 0 Å². The number of ether oxygens (including phenoxy) is 1. The first-order chi connectivity index (χ1) is 17.0. The summed E-state index contributed by atoms with van der Waals surface area (Å²) in [5, 5.41) is 3.11. The Labute approximate surface area is 209 Å². The van der Waals surface area contributed by atoms with Crippen LogP contribution in [0.3, 0.4) is 0 Å². The Balaban J connectivity index is 1.40. The van der Waals surface area contributed by atoms with Gasteiger partial charge in [0.1, 0.15) is 5.75 Å². The predicted octanol–water partition coefficient (Wildman–Crippen LogP) is 4.12. The second-order valence-electron chi connectivity index (χ2n) is 9.27. The number of amides is 1. The van der Waals surface area contributed by atoms with E-state index in [0.29, 0.717) is 12.3 Å². The van der Waals surface area contributed by atoms with Crippen LogP contribution < -0.4 is 19.9 Å². The largest absolute Gasteiger partial charge is 0.484 e. The molecule has 0 aliphatic carbocycles. The third kappa shape index (κ3) is 6.76. The first-order valence-corrected chi connectivity index (χ1v) is 12.3. The van der Waals surface area contributed by atoms with Gasteiger partial charge in [-0.1, -0.05) is 42.5 Å². The van der Waals surface area contributed by atoms with Crippen LogP contribution in [0.1, 0.15) is 17.2 Å². The number of para-hydroxylation sites is 1. The van der Waals surface area contributed by atoms with Crippen molar-refractivity contribution in [2.24, 2.45) is 0 Å². The first kappa shape index (κ1) is 24.6. The Morgan fingerprint density at radius 2 is 1.66 bits per heavy atom. The SMILES string of the molecule is Cc1cccc(OCC(=O)NC[C@H](c2ccc(N(C)C)cc2)N2CCN(c3ccccc3)CC2)c1. The standard InChI is InChI=1S/C29H36N4O2/c1-23-8-7-11-27(20-23)35-22-29(34)30-21-28(24-12-14-25(15-13-24)31(2)3)33-18-16-32(17-19-33)26-9-5-4-6-10-26/h4-15,20,28H,16-19,21-22H2,1-3H3,(H,30,34)/t28-/m1/s1. The maximum atomic E-state index is 12.6. The van der Waals surface area contributed by atoms with E-state index in [4.69, 9.17) is 4.74 Å². The topological polar surface area (TPSA) is 48.1 Å². The molecule has 0 bridgehead atoms. The van der Waals surface area contributed by atoms with E-state index in [1.807, 2.05) is 45.3 Å². The summed E-state index contributed by atoms with van der Waals surface area (Å²) in [5.41, 5.74) is 4.75. The van der Waals surface area contributed by atoms with Crippen LogP contribution in [0.15, 0.2) is 78.9 Å². The van der Waals surface area contributed by atoms with Crippen LogP contribution in [0.4, 0.5) is 11.4 Å². The highest BCUT2D eigenvalue weighted by molar-refractivity contribution is 5.77. The van der Waals surface area contributed by atoms with Crippen LogP contribution >= 0.6 is 0 Å². The fourth-order valence-corrected chi connectivity index (χ4v) is 4.50. The lowest BCUT2D eigenvalue weighted by molar-refractivity contribution is -0.123. The number of hydrogen-bond donors (Lipinski definition) is 1. The first-order valence-electron chi connectivity index (χ1n) is 12.3. The summed E-state index contributed by atoms with van der Waals surface area (Å²) < 4.78 is 5.70. The van der Waals surface area contributed by atoms with Crippen LogP contribution in [0.2, 0.25) is 0 Å². The lowest BCUT2D eigenvalue weighted by atomic mass is 10.0. The van der Waals surface area contributed by atoms with Gasteiger partial charge in [-0.2, -0.15) is 0 Å². The Hall–Kier alpha value is -3.51. The molecule has 1 amide bonds. The lowest BCUT2D eigenvalue weighted by Gasteiger charge is -2.40. The van der Waals surface area contributed by atoms with Gasteiger partial charge in [0, 0.05) is 58.2 Å². The van der Waals surface area contributed by atoms with E-state index in [-0.39, 0.29) is 18.6 Å². The maximum absolute atomic E-state index is 12.6. The minimum absolute atomic E-state index is 0.0114. The monoisotopic (exact) mass is 472 g/mol. The van der Waals surface area contributed by atoms with Gasteiger partial charge in [0.15, 0.2) is 6.61 Å². The number of anilines is 2. The minimum Gasteiger partial charge on any atom is -0.484 e. The molecule has 3 aromatic rings. The summed E-state index contributed by atoms with van der Waals surface area (Å²) >= 11 is 0. The van der Waals surface area contributed by atoms with Crippen molar-refractivity contribution in [3.63, 3.8) is 0 Å². The maximum Gasteiger partial charge on any atom is 0.258 e. The zero-order chi connectivity index (χ0) is 24.6. The zero-order valence-corrected chi connectivity index (χ0v) is 21.0. The van der Waals surface area contributed by atoms with Gasteiger partial charge in [-0.25, -0.2) is 0 Å². The Kier molecular flexibility index (Phi) is 8.27. The average molecular weight is 473 g/mol. The second kappa shape index (κ2) is 11.8. The highest BCUT2D eigenvalue weighted by atomic mass is 16.5. The van der Waals surface area contributed by atoms with E-state index in [2.05, 4.69) is 74.6 Å². The molecule has 0 spiro atoms. The van der Waals surface area contributed by atoms with Crippen molar-refractivity contribution in [2.75, 3.05) is 63.2 Å². The number of nitrogens with one attached hydrogen (secondary N) is 1. The zero-order valence-electron chi connectivity index (χ0n) is 21.0. The molecule has 1 saturated heterocycles. The van der Waals surface area contributed by atoms with Gasteiger partial charge in [0.05, 0.1) is 6.04 Å². The van der Waals surface area contributed by atoms with Gasteiger partial charge in [-0.3, -0.25) is 9.69 Å². The van der Waals surface area contributed by atoms with E-state index in [9.17, 15) is 4.79 Å². The quantitative estimate of drug-likeness (QED) is 0.508. The molecule has 1 atom stereocenters. The number of piperazine rings is 1. The van der Waals surface area contributed by atoms with E-state index in [1.54, 1.807) is 0 Å². The Morgan fingerprint density at radius 3 is 2.31 bits per heavy atom. The number of nitrogens with zero attached hydrogens (tertiary/aromatic N) is 3. The Bertz CT molecular complexity index is 1080. The molecule has 1 heterocycles. The lowest BCUT2D eigenvalue weighted by Crippen LogP contribution is -2.50. The highest BCUT2D eigenvalue weighted by Crippen LogP contribution is 2.25. The number of aryl methyl sites for hydroxylation is 1. The summed E-state index contributed by atoms with van der Waals surface area (Å²) in [7, 11) is 4.09. The molecule has 1 N–H and O–H groups in total. The van der Waals surface area contributed by atoms with Crippen LogP contribution in [0.5, 0.6) is 5.75 Å². The molecule has 6 heteroatoms. The molecule has 0 radical (unpaired) electrons. The van der Waals surface area contributed by atoms with Crippen LogP contribution in [0, 0.1) is 6.92 Å². The molecule has 0 saturated carbocycles. The summed E-state index contributed by atoms with van der Waals surface area (Å²) in [5.74, 6) is 0.609. The molecule has 0 unspecified atom stereocenters. The summed E-state index contributed by atoms with van der Waals surface area (Å²) in [6.45, 7) is 6.35. The van der Waals surface area contributed by atoms with Crippen LogP contribution in [-0.4, -0.2) is 64.2 Å². The summed E-state index contributed by atoms with van der Waals surface area (Å²) in [6, 6.07) is 27.1. The molecule has 1 fully saturated rings. The van der Waals surface area contributed by atoms with Crippen molar-refractivity contribution in [1.29, 1.82) is 0 Å². The van der Waals surface area contributed by atoms with Crippen molar-refractivity contribution in [2.45, 2.75) is 13.0 Å². The van der Waals surface area contributed by atoms with Gasteiger partial charge >= 0.3 is 0 Å². The predicted molar refractivity (Wildman–Crippen MR) is 143 cm³/mol. The summed E-state index contributed by atoms with van der Waals surface area (Å²) in [6.07, 6.45) is 0. The molecule has 0 aromatic heterocycles. The third-order valence-corrected chi connectivity index (χ3v) is 6.52. The van der Waals surface area contributed by atoms with Crippen molar-refractivity contribution in [3.8, 4) is 5.75 Å². The smallest absolute Gasteiger partial charge is 0.258 e. The second-order valence-corrected chi connectivity index (χ2v) is 9.27. The molecule has 3 aromatic carbocycles. The van der Waals surface area contributed by atoms with Crippen LogP contribution in [-0.2, 0) is 4.79 Å². The number of benzene rings is 3. The molecule has 1 aliphatic heterocycles. The Morgan fingerprint density at radius 1 is 0.943 bits per heavy atom. The van der Waals surface area contributed by atoms with Gasteiger partial charge in [-0.05, 0) is 54.4 Å². The number of rotatable bonds is 9. The molecule has 35 heavy (non-hydrogen) atoms. The third-order valence-electron chi connectivity index (χ3n) is 6.52. The van der Waals surface area contributed by atoms with Crippen molar-refractivity contribution < 1.29 is 9.53 Å². The van der Waals surface area contributed by atoms with E-state index in [0.717, 1.165) is 37.4 Å². The number of carbonyl (C=O) groups excluding carboxylic acids is 1. The fourth-order valence-electron chi connectivity index (χ4n) is 4.50. The van der Waals surface area contributed by atoms with Crippen molar-refractivity contribution in [1.82, 2.24) is 10.2 Å². The van der Waals surface area contributed by atoms with Gasteiger partial charge in [0.25, 0.3) is 5.91 Å². The molecule has 1 aliphatic rings. The molecular weight excluding hydrogens is 436 g/mol. The number of carbonyl (C=O) groups is 1. The summed E-state index contributed by atoms with van der Waals surface area (Å²) in [4.78, 5) is 19.6. The van der Waals surface area contributed by atoms with Gasteiger partial charge in [0.2, 0.25) is 0 Å². The molecule has 4 rings (SSSR count). The normalized spacial score (nSPS) is 14.9. The van der Waals surface area contributed by atoms with Gasteiger partial charge < -0.3 is 19.9 Å². The molecule has 184 valence electrons. The minimum atomic E-state index is -0.107. The van der Waals surface area contributed by atoms with Gasteiger partial charge in [-0.15, -0.1) is 0 Å². The van der Waals surface area contributed by atoms with Crippen molar-refractivity contribution >= 4 is 17.3 Å². The number of hydrogen-bond acceptors (Lipinski definition) is 5. The van der Waals surface area contributed by atoms with Crippen LogP contribution in [0.25, 0.3) is 0 Å². The molecule has 6 nitrogen and oxygen atoms in total. The highest BCUT2D eigenvalue weighted by Gasteiger charge is 2.26. The van der Waals surface area contributed by atoms with E-state index in [1.165, 1.54) is 11.3 Å². The fraction of sp³-hybridized carbons (Fsp3) is 0.345. The van der Waals surface area contributed by atoms with Crippen molar-refractivity contribution in [3.05, 3.63) is 90.0 Å². The molecular formula is C29H36N4O2.